The van der Waals surface area contributed by atoms with Crippen LogP contribution in [0.2, 0.25) is 0 Å². The first kappa shape index (κ1) is 12.7. The Morgan fingerprint density at radius 1 is 1.50 bits per heavy atom. The van der Waals surface area contributed by atoms with E-state index >= 15 is 0 Å². The Morgan fingerprint density at radius 3 is 2.64 bits per heavy atom. The van der Waals surface area contributed by atoms with Gasteiger partial charge >= 0.3 is 0 Å². The van der Waals surface area contributed by atoms with Crippen LogP contribution in [0.25, 0.3) is 0 Å². The molecule has 1 aromatic rings. The van der Waals surface area contributed by atoms with E-state index in [4.69, 9.17) is 0 Å². The number of halogens is 2. The van der Waals surface area contributed by atoms with Crippen LogP contribution in [0.5, 0.6) is 0 Å². The van der Waals surface area contributed by atoms with Crippen LogP contribution in [0.1, 0.15) is 37.8 Å². The third kappa shape index (κ3) is 3.33. The van der Waals surface area contributed by atoms with Gasteiger partial charge in [0.25, 0.3) is 0 Å². The summed E-state index contributed by atoms with van der Waals surface area (Å²) in [5.41, 5.74) is 1.37. The maximum atomic E-state index is 3.60. The van der Waals surface area contributed by atoms with Crippen molar-refractivity contribution < 1.29 is 0 Å². The summed E-state index contributed by atoms with van der Waals surface area (Å²) in [7, 11) is 2.03. The molecule has 0 saturated carbocycles. The Bertz CT molecular complexity index is 286. The molecule has 1 heterocycles. The highest BCUT2D eigenvalue weighted by atomic mass is 79.9. The van der Waals surface area contributed by atoms with E-state index < -0.39 is 0 Å². The molecule has 0 aromatic carbocycles. The Morgan fingerprint density at radius 2 is 2.21 bits per heavy atom. The van der Waals surface area contributed by atoms with Crippen LogP contribution in [0.4, 0.5) is 0 Å². The molecule has 0 aliphatic carbocycles. The van der Waals surface area contributed by atoms with Crippen molar-refractivity contribution in [3.8, 4) is 0 Å². The maximum Gasteiger partial charge on any atom is 0.0758 e. The zero-order chi connectivity index (χ0) is 10.6. The Kier molecular flexibility index (Phi) is 5.67. The largest absolute Gasteiger partial charge is 0.313 e. The predicted molar refractivity (Wildman–Crippen MR) is 71.0 cm³/mol. The molecule has 1 atom stereocenters. The molecule has 1 unspecified atom stereocenters. The van der Waals surface area contributed by atoms with Gasteiger partial charge in [0.1, 0.15) is 0 Å². The van der Waals surface area contributed by atoms with E-state index in [-0.39, 0.29) is 0 Å². The summed E-state index contributed by atoms with van der Waals surface area (Å²) in [6, 6.07) is 2.68. The summed E-state index contributed by atoms with van der Waals surface area (Å²) >= 11 is 8.85. The van der Waals surface area contributed by atoms with E-state index in [1.165, 1.54) is 32.4 Å². The van der Waals surface area contributed by atoms with Crippen molar-refractivity contribution in [3.63, 3.8) is 0 Å². The van der Waals surface area contributed by atoms with E-state index in [1.54, 1.807) is 11.3 Å². The van der Waals surface area contributed by atoms with E-state index in [9.17, 15) is 0 Å². The van der Waals surface area contributed by atoms with Crippen molar-refractivity contribution in [2.24, 2.45) is 0 Å². The van der Waals surface area contributed by atoms with E-state index in [1.807, 2.05) is 7.05 Å². The van der Waals surface area contributed by atoms with Gasteiger partial charge in [0.05, 0.1) is 7.57 Å². The average Bonchev–Trinajstić information content (AvgIpc) is 2.47. The molecular formula is C10H15Br2NS. The van der Waals surface area contributed by atoms with Gasteiger partial charge in [0.2, 0.25) is 0 Å². The first-order valence-electron chi connectivity index (χ1n) is 4.81. The monoisotopic (exact) mass is 339 g/mol. The molecule has 0 spiro atoms. The minimum atomic E-state index is 0.479. The highest BCUT2D eigenvalue weighted by Gasteiger charge is 2.14. The summed E-state index contributed by atoms with van der Waals surface area (Å²) in [5.74, 6) is 0. The first-order valence-corrected chi connectivity index (χ1v) is 7.21. The molecule has 0 amide bonds. The Hall–Kier alpha value is 0.620. The zero-order valence-corrected chi connectivity index (χ0v) is 12.4. The molecule has 0 bridgehead atoms. The lowest BCUT2D eigenvalue weighted by atomic mass is 10.0. The van der Waals surface area contributed by atoms with Crippen molar-refractivity contribution in [3.05, 3.63) is 19.2 Å². The van der Waals surface area contributed by atoms with Gasteiger partial charge < -0.3 is 5.32 Å². The lowest BCUT2D eigenvalue weighted by molar-refractivity contribution is 0.522. The molecule has 4 heteroatoms. The summed E-state index contributed by atoms with van der Waals surface area (Å²) in [5, 5.41) is 3.36. The molecule has 14 heavy (non-hydrogen) atoms. The molecule has 80 valence electrons. The number of unbranched alkanes of at least 4 members (excludes halogenated alkanes) is 1. The van der Waals surface area contributed by atoms with Crippen molar-refractivity contribution in [2.45, 2.75) is 32.2 Å². The summed E-state index contributed by atoms with van der Waals surface area (Å²) in [6.45, 7) is 2.23. The first-order chi connectivity index (χ1) is 6.69. The lowest BCUT2D eigenvalue weighted by Gasteiger charge is -2.14. The highest BCUT2D eigenvalue weighted by Crippen LogP contribution is 2.36. The number of rotatable bonds is 5. The number of hydrogen-bond acceptors (Lipinski definition) is 2. The topological polar surface area (TPSA) is 12.0 Å². The summed E-state index contributed by atoms with van der Waals surface area (Å²) in [4.78, 5) is 0. The minimum Gasteiger partial charge on any atom is -0.313 e. The van der Waals surface area contributed by atoms with E-state index in [0.717, 1.165) is 0 Å². The molecule has 1 aromatic heterocycles. The Balaban J connectivity index is 2.72. The fraction of sp³-hybridized carbons (Fsp3) is 0.600. The molecular weight excluding hydrogens is 326 g/mol. The zero-order valence-electron chi connectivity index (χ0n) is 8.44. The highest BCUT2D eigenvalue weighted by molar-refractivity contribution is 9.12. The normalized spacial score (nSPS) is 13.1. The fourth-order valence-electron chi connectivity index (χ4n) is 1.45. The standard InChI is InChI=1S/C10H15Br2NS/c1-3-4-5-8(13-2)7-6-9(11)14-10(7)12/h6,8,13H,3-5H2,1-2H3. The van der Waals surface area contributed by atoms with Crippen molar-refractivity contribution in [1.29, 1.82) is 0 Å². The van der Waals surface area contributed by atoms with E-state index in [2.05, 4.69) is 50.2 Å². The van der Waals surface area contributed by atoms with Gasteiger partial charge in [0.15, 0.2) is 0 Å². The SMILES string of the molecule is CCCCC(NC)c1cc(Br)sc1Br. The van der Waals surface area contributed by atoms with E-state index in [0.29, 0.717) is 6.04 Å². The molecule has 0 aliphatic heterocycles. The minimum absolute atomic E-state index is 0.479. The second-order valence-electron chi connectivity index (χ2n) is 3.26. The fourth-order valence-corrected chi connectivity index (χ4v) is 4.43. The number of nitrogens with one attached hydrogen (secondary N) is 1. The van der Waals surface area contributed by atoms with Gasteiger partial charge in [-0.3, -0.25) is 0 Å². The maximum absolute atomic E-state index is 3.60. The van der Waals surface area contributed by atoms with Crippen LogP contribution in [0, 0.1) is 0 Å². The van der Waals surface area contributed by atoms with Gasteiger partial charge in [-0.15, -0.1) is 11.3 Å². The predicted octanol–water partition coefficient (Wildman–Crippen LogP) is 4.72. The van der Waals surface area contributed by atoms with Crippen molar-refractivity contribution in [2.75, 3.05) is 7.05 Å². The number of thiophene rings is 1. The second kappa shape index (κ2) is 6.26. The van der Waals surface area contributed by atoms with Gasteiger partial charge in [-0.2, -0.15) is 0 Å². The van der Waals surface area contributed by atoms with Crippen LogP contribution in [-0.2, 0) is 0 Å². The van der Waals surface area contributed by atoms with Gasteiger partial charge in [-0.05, 0) is 57.0 Å². The molecule has 1 N–H and O–H groups in total. The number of hydrogen-bond donors (Lipinski definition) is 1. The second-order valence-corrected chi connectivity index (χ2v) is 7.01. The molecule has 0 saturated heterocycles. The third-order valence-electron chi connectivity index (χ3n) is 2.25. The van der Waals surface area contributed by atoms with Crippen LogP contribution in [0.3, 0.4) is 0 Å². The van der Waals surface area contributed by atoms with Crippen LogP contribution in [-0.4, -0.2) is 7.05 Å². The molecule has 0 radical (unpaired) electrons. The molecule has 1 nitrogen and oxygen atoms in total. The average molecular weight is 341 g/mol. The quantitative estimate of drug-likeness (QED) is 0.817. The molecule has 0 aliphatic rings. The van der Waals surface area contributed by atoms with Crippen molar-refractivity contribution >= 4 is 43.2 Å². The van der Waals surface area contributed by atoms with Crippen LogP contribution < -0.4 is 5.32 Å². The van der Waals surface area contributed by atoms with Gasteiger partial charge in [-0.1, -0.05) is 19.8 Å². The smallest absolute Gasteiger partial charge is 0.0758 e. The summed E-state index contributed by atoms with van der Waals surface area (Å²) < 4.78 is 2.43. The Labute approximate surface area is 107 Å². The third-order valence-corrected chi connectivity index (χ3v) is 4.64. The summed E-state index contributed by atoms with van der Waals surface area (Å²) in [6.07, 6.45) is 3.72. The lowest BCUT2D eigenvalue weighted by Crippen LogP contribution is -2.15. The van der Waals surface area contributed by atoms with Crippen LogP contribution in [0.15, 0.2) is 13.6 Å². The van der Waals surface area contributed by atoms with Gasteiger partial charge in [0, 0.05) is 6.04 Å². The van der Waals surface area contributed by atoms with Crippen molar-refractivity contribution in [1.82, 2.24) is 5.32 Å². The molecule has 1 rings (SSSR count). The molecule has 0 fully saturated rings. The van der Waals surface area contributed by atoms with Gasteiger partial charge in [-0.25, -0.2) is 0 Å². The van der Waals surface area contributed by atoms with Crippen LogP contribution >= 0.6 is 43.2 Å².